The lowest BCUT2D eigenvalue weighted by molar-refractivity contribution is 0.124. The normalized spacial score (nSPS) is 15.2. The molecule has 0 saturated heterocycles. The van der Waals surface area contributed by atoms with Crippen LogP contribution in [-0.2, 0) is 14.6 Å². The highest BCUT2D eigenvalue weighted by molar-refractivity contribution is 7.90. The van der Waals surface area contributed by atoms with Gasteiger partial charge in [-0.2, -0.15) is 0 Å². The Labute approximate surface area is 116 Å². The van der Waals surface area contributed by atoms with Gasteiger partial charge in [0.2, 0.25) is 0 Å². The number of rotatable bonds is 7. The first-order chi connectivity index (χ1) is 8.84. The molecule has 5 heteroatoms. The van der Waals surface area contributed by atoms with Crippen LogP contribution in [0, 0.1) is 0 Å². The van der Waals surface area contributed by atoms with E-state index in [1.165, 1.54) is 6.26 Å². The van der Waals surface area contributed by atoms with Crippen molar-refractivity contribution in [1.29, 1.82) is 0 Å². The van der Waals surface area contributed by atoms with Crippen LogP contribution in [0.25, 0.3) is 0 Å². The largest absolute Gasteiger partial charge is 0.380 e. The highest BCUT2D eigenvalue weighted by Gasteiger charge is 2.11. The Balaban J connectivity index is 2.65. The van der Waals surface area contributed by atoms with Gasteiger partial charge in [-0.05, 0) is 38.5 Å². The molecule has 0 spiro atoms. The molecule has 0 heterocycles. The quantitative estimate of drug-likeness (QED) is 0.834. The molecule has 4 nitrogen and oxygen atoms in total. The maximum Gasteiger partial charge on any atom is 0.175 e. The van der Waals surface area contributed by atoms with Crippen LogP contribution in [0.5, 0.6) is 0 Å². The van der Waals surface area contributed by atoms with Crippen LogP contribution in [0.2, 0.25) is 0 Å². The molecular weight excluding hydrogens is 262 g/mol. The first-order valence-electron chi connectivity index (χ1n) is 6.48. The van der Waals surface area contributed by atoms with E-state index in [9.17, 15) is 8.42 Å². The van der Waals surface area contributed by atoms with Gasteiger partial charge in [-0.3, -0.25) is 0 Å². The summed E-state index contributed by atoms with van der Waals surface area (Å²) in [6.07, 6.45) is 1.22. The molecule has 2 atom stereocenters. The molecular formula is C14H23NO3S. The number of sulfone groups is 1. The number of ether oxygens (including phenoxy) is 1. The second kappa shape index (κ2) is 7.03. The molecule has 0 saturated carbocycles. The summed E-state index contributed by atoms with van der Waals surface area (Å²) in [5.74, 6) is 0. The van der Waals surface area contributed by atoms with Crippen molar-refractivity contribution in [2.75, 3.05) is 19.5 Å². The van der Waals surface area contributed by atoms with E-state index >= 15 is 0 Å². The topological polar surface area (TPSA) is 55.4 Å². The van der Waals surface area contributed by atoms with Crippen LogP contribution >= 0.6 is 0 Å². The summed E-state index contributed by atoms with van der Waals surface area (Å²) in [4.78, 5) is 0.353. The standard InChI is InChI=1S/C14H23NO3S/c1-5-18-10-11(2)15-12(3)13-6-8-14(9-7-13)19(4,16)17/h6-9,11-12,15H,5,10H2,1-4H3. The fraction of sp³-hybridized carbons (Fsp3) is 0.571. The third-order valence-corrected chi connectivity index (χ3v) is 4.04. The molecule has 0 bridgehead atoms. The number of nitrogens with one attached hydrogen (secondary N) is 1. The molecule has 0 aromatic heterocycles. The molecule has 0 aliphatic carbocycles. The minimum atomic E-state index is -3.12. The van der Waals surface area contributed by atoms with Crippen LogP contribution in [0.4, 0.5) is 0 Å². The lowest BCUT2D eigenvalue weighted by Crippen LogP contribution is -2.32. The van der Waals surface area contributed by atoms with Crippen LogP contribution in [0.1, 0.15) is 32.4 Å². The van der Waals surface area contributed by atoms with Gasteiger partial charge >= 0.3 is 0 Å². The van der Waals surface area contributed by atoms with Gasteiger partial charge in [0.05, 0.1) is 11.5 Å². The van der Waals surface area contributed by atoms with Gasteiger partial charge < -0.3 is 10.1 Å². The van der Waals surface area contributed by atoms with E-state index in [0.29, 0.717) is 18.1 Å². The second-order valence-corrected chi connectivity index (χ2v) is 6.81. The van der Waals surface area contributed by atoms with Crippen molar-refractivity contribution in [2.45, 2.75) is 37.8 Å². The smallest absolute Gasteiger partial charge is 0.175 e. The highest BCUT2D eigenvalue weighted by Crippen LogP contribution is 2.16. The fourth-order valence-electron chi connectivity index (χ4n) is 1.87. The summed E-state index contributed by atoms with van der Waals surface area (Å²) in [6, 6.07) is 7.41. The summed E-state index contributed by atoms with van der Waals surface area (Å²) in [5.41, 5.74) is 1.07. The SMILES string of the molecule is CCOCC(C)NC(C)c1ccc(S(C)(=O)=O)cc1. The maximum absolute atomic E-state index is 11.4. The van der Waals surface area contributed by atoms with E-state index in [2.05, 4.69) is 19.2 Å². The maximum atomic E-state index is 11.4. The number of benzene rings is 1. The zero-order valence-corrected chi connectivity index (χ0v) is 12.8. The Morgan fingerprint density at radius 3 is 2.26 bits per heavy atom. The van der Waals surface area contributed by atoms with Crippen LogP contribution in [0.3, 0.4) is 0 Å². The Morgan fingerprint density at radius 2 is 1.79 bits per heavy atom. The van der Waals surface area contributed by atoms with Crippen molar-refractivity contribution < 1.29 is 13.2 Å². The van der Waals surface area contributed by atoms with E-state index < -0.39 is 9.84 Å². The van der Waals surface area contributed by atoms with Crippen molar-refractivity contribution in [3.63, 3.8) is 0 Å². The van der Waals surface area contributed by atoms with Gasteiger partial charge in [-0.1, -0.05) is 12.1 Å². The molecule has 1 aromatic carbocycles. The molecule has 0 aliphatic rings. The molecule has 1 rings (SSSR count). The van der Waals surface area contributed by atoms with E-state index in [4.69, 9.17) is 4.74 Å². The van der Waals surface area contributed by atoms with Crippen molar-refractivity contribution in [3.05, 3.63) is 29.8 Å². The third-order valence-electron chi connectivity index (χ3n) is 2.91. The van der Waals surface area contributed by atoms with Crippen LogP contribution < -0.4 is 5.32 Å². The first kappa shape index (κ1) is 16.1. The van der Waals surface area contributed by atoms with Gasteiger partial charge in [0.15, 0.2) is 9.84 Å². The number of hydrogen-bond donors (Lipinski definition) is 1. The minimum Gasteiger partial charge on any atom is -0.380 e. The molecule has 0 fully saturated rings. The minimum absolute atomic E-state index is 0.157. The molecule has 19 heavy (non-hydrogen) atoms. The summed E-state index contributed by atoms with van der Waals surface area (Å²) >= 11 is 0. The Hall–Kier alpha value is -0.910. The van der Waals surface area contributed by atoms with Gasteiger partial charge in [0, 0.05) is 24.9 Å². The predicted octanol–water partition coefficient (Wildman–Crippen LogP) is 2.17. The van der Waals surface area contributed by atoms with Gasteiger partial charge in [0.1, 0.15) is 0 Å². The number of hydrogen-bond acceptors (Lipinski definition) is 4. The van der Waals surface area contributed by atoms with Gasteiger partial charge in [0.25, 0.3) is 0 Å². The zero-order chi connectivity index (χ0) is 14.5. The summed E-state index contributed by atoms with van der Waals surface area (Å²) < 4.78 is 28.1. The van der Waals surface area contributed by atoms with Crippen molar-refractivity contribution in [2.24, 2.45) is 0 Å². The van der Waals surface area contributed by atoms with Gasteiger partial charge in [-0.25, -0.2) is 8.42 Å². The van der Waals surface area contributed by atoms with E-state index in [1.807, 2.05) is 19.1 Å². The average molecular weight is 285 g/mol. The van der Waals surface area contributed by atoms with Crippen molar-refractivity contribution in [1.82, 2.24) is 5.32 Å². The van der Waals surface area contributed by atoms with Crippen LogP contribution in [0.15, 0.2) is 29.2 Å². The fourth-order valence-corrected chi connectivity index (χ4v) is 2.50. The van der Waals surface area contributed by atoms with E-state index in [-0.39, 0.29) is 12.1 Å². The Kier molecular flexibility index (Phi) is 5.97. The van der Waals surface area contributed by atoms with E-state index in [1.54, 1.807) is 12.1 Å². The summed E-state index contributed by atoms with van der Waals surface area (Å²) in [7, 11) is -3.12. The Bertz CT molecular complexity index is 482. The van der Waals surface area contributed by atoms with Crippen molar-refractivity contribution in [3.8, 4) is 0 Å². The predicted molar refractivity (Wildman–Crippen MR) is 77.1 cm³/mol. The molecule has 0 amide bonds. The third kappa shape index (κ3) is 5.30. The monoisotopic (exact) mass is 285 g/mol. The summed E-state index contributed by atoms with van der Waals surface area (Å²) in [5, 5.41) is 3.41. The Morgan fingerprint density at radius 1 is 1.21 bits per heavy atom. The molecule has 0 radical (unpaired) electrons. The first-order valence-corrected chi connectivity index (χ1v) is 8.37. The molecule has 1 N–H and O–H groups in total. The molecule has 1 aromatic rings. The van der Waals surface area contributed by atoms with Crippen LogP contribution in [-0.4, -0.2) is 33.9 Å². The zero-order valence-electron chi connectivity index (χ0n) is 12.0. The molecule has 108 valence electrons. The van der Waals surface area contributed by atoms with E-state index in [0.717, 1.165) is 5.56 Å². The van der Waals surface area contributed by atoms with Crippen molar-refractivity contribution >= 4 is 9.84 Å². The molecule has 2 unspecified atom stereocenters. The lowest BCUT2D eigenvalue weighted by atomic mass is 10.1. The lowest BCUT2D eigenvalue weighted by Gasteiger charge is -2.20. The highest BCUT2D eigenvalue weighted by atomic mass is 32.2. The summed E-state index contributed by atoms with van der Waals surface area (Å²) in [6.45, 7) is 7.47. The second-order valence-electron chi connectivity index (χ2n) is 4.79. The molecule has 0 aliphatic heterocycles. The average Bonchev–Trinajstić information content (AvgIpc) is 2.35. The van der Waals surface area contributed by atoms with Gasteiger partial charge in [-0.15, -0.1) is 0 Å².